The van der Waals surface area contributed by atoms with E-state index >= 15 is 0 Å². The van der Waals surface area contributed by atoms with Gasteiger partial charge in [0.15, 0.2) is 5.96 Å². The summed E-state index contributed by atoms with van der Waals surface area (Å²) in [5, 5.41) is 5.90. The third kappa shape index (κ3) is 8.11. The summed E-state index contributed by atoms with van der Waals surface area (Å²) in [6.45, 7) is 6.53. The molecule has 4 N–H and O–H groups in total. The van der Waals surface area contributed by atoms with Crippen LogP contribution in [0.2, 0.25) is 0 Å². The van der Waals surface area contributed by atoms with Gasteiger partial charge in [-0.1, -0.05) is 0 Å². The van der Waals surface area contributed by atoms with Gasteiger partial charge in [-0.15, -0.1) is 24.0 Å². The second kappa shape index (κ2) is 11.1. The molecule has 1 aliphatic carbocycles. The number of carbonyl (C=O) groups excluding carboxylic acids is 1. The Labute approximate surface area is 172 Å². The lowest BCUT2D eigenvalue weighted by atomic mass is 10.2. The highest BCUT2D eigenvalue weighted by molar-refractivity contribution is 14.0. The molecule has 0 aliphatic heterocycles. The number of anilines is 1. The van der Waals surface area contributed by atoms with Crippen LogP contribution < -0.4 is 21.1 Å². The van der Waals surface area contributed by atoms with E-state index in [0.29, 0.717) is 25.0 Å². The highest BCUT2D eigenvalue weighted by Crippen LogP contribution is 2.32. The van der Waals surface area contributed by atoms with Crippen LogP contribution in [0.1, 0.15) is 33.6 Å². The Morgan fingerprint density at radius 2 is 1.96 bits per heavy atom. The molecule has 1 aliphatic rings. The number of hydrogen-bond acceptors (Lipinski definition) is 4. The van der Waals surface area contributed by atoms with E-state index in [4.69, 9.17) is 15.2 Å². The van der Waals surface area contributed by atoms with E-state index < -0.39 is 6.09 Å². The van der Waals surface area contributed by atoms with Crippen LogP contribution in [0.3, 0.4) is 0 Å². The van der Waals surface area contributed by atoms with Gasteiger partial charge < -0.3 is 25.8 Å². The van der Waals surface area contributed by atoms with Crippen molar-refractivity contribution in [2.75, 3.05) is 18.5 Å². The standard InChI is InChI=1S/C18H28N4O3.HI/c1-4-24-18(23)22-16(13-5-6-13)11-20-17(19)21-14-7-9-15(10-8-14)25-12(2)3;/h7-10,12-13,16H,4-6,11H2,1-3H3,(H,22,23)(H3,19,20,21);1H. The van der Waals surface area contributed by atoms with Gasteiger partial charge in [0.05, 0.1) is 25.3 Å². The SMILES string of the molecule is CCOC(=O)NC(CN=C(N)Nc1ccc(OC(C)C)cc1)C1CC1.I. The lowest BCUT2D eigenvalue weighted by Gasteiger charge is -2.16. The van der Waals surface area contributed by atoms with E-state index in [1.54, 1.807) is 6.92 Å². The summed E-state index contributed by atoms with van der Waals surface area (Å²) < 4.78 is 10.5. The number of alkyl carbamates (subject to hydrolysis) is 1. The molecule has 26 heavy (non-hydrogen) atoms. The van der Waals surface area contributed by atoms with Crippen molar-refractivity contribution >= 4 is 41.7 Å². The van der Waals surface area contributed by atoms with Crippen molar-refractivity contribution < 1.29 is 14.3 Å². The van der Waals surface area contributed by atoms with E-state index in [-0.39, 0.29) is 36.1 Å². The first-order valence-electron chi connectivity index (χ1n) is 8.75. The van der Waals surface area contributed by atoms with Crippen molar-refractivity contribution in [3.05, 3.63) is 24.3 Å². The Bertz CT molecular complexity index is 589. The summed E-state index contributed by atoms with van der Waals surface area (Å²) in [5.41, 5.74) is 6.78. The third-order valence-corrected chi connectivity index (χ3v) is 3.73. The minimum absolute atomic E-state index is 0. The lowest BCUT2D eigenvalue weighted by Crippen LogP contribution is -2.39. The molecule has 1 amide bonds. The number of guanidine groups is 1. The van der Waals surface area contributed by atoms with Crippen molar-refractivity contribution in [1.29, 1.82) is 0 Å². The summed E-state index contributed by atoms with van der Waals surface area (Å²) in [6, 6.07) is 7.49. The Morgan fingerprint density at radius 1 is 1.31 bits per heavy atom. The fourth-order valence-corrected chi connectivity index (χ4v) is 2.41. The fourth-order valence-electron chi connectivity index (χ4n) is 2.41. The van der Waals surface area contributed by atoms with Gasteiger partial charge in [0.2, 0.25) is 0 Å². The summed E-state index contributed by atoms with van der Waals surface area (Å²) in [5.74, 6) is 1.57. The largest absolute Gasteiger partial charge is 0.491 e. The van der Waals surface area contributed by atoms with Gasteiger partial charge >= 0.3 is 6.09 Å². The Hall–Kier alpha value is -1.71. The van der Waals surface area contributed by atoms with Crippen LogP contribution in [0.25, 0.3) is 0 Å². The molecule has 146 valence electrons. The first kappa shape index (κ1) is 22.3. The molecule has 0 heterocycles. The van der Waals surface area contributed by atoms with Crippen LogP contribution in [0.4, 0.5) is 10.5 Å². The van der Waals surface area contributed by atoms with Crippen LogP contribution in [0.15, 0.2) is 29.3 Å². The number of amides is 1. The topological polar surface area (TPSA) is 98.0 Å². The smallest absolute Gasteiger partial charge is 0.407 e. The number of aliphatic imine (C=N–C) groups is 1. The highest BCUT2D eigenvalue weighted by Gasteiger charge is 2.32. The summed E-state index contributed by atoms with van der Waals surface area (Å²) in [4.78, 5) is 15.9. The van der Waals surface area contributed by atoms with Crippen molar-refractivity contribution in [1.82, 2.24) is 5.32 Å². The summed E-state index contributed by atoms with van der Waals surface area (Å²) in [7, 11) is 0. The van der Waals surface area contributed by atoms with Gasteiger partial charge in [0.1, 0.15) is 5.75 Å². The molecule has 2 rings (SSSR count). The molecule has 0 bridgehead atoms. The Morgan fingerprint density at radius 3 is 2.50 bits per heavy atom. The molecule has 1 atom stereocenters. The van der Waals surface area contributed by atoms with Crippen LogP contribution in [-0.2, 0) is 4.74 Å². The molecular formula is C18H29IN4O3. The second-order valence-electron chi connectivity index (χ2n) is 6.35. The second-order valence-corrected chi connectivity index (χ2v) is 6.35. The zero-order valence-electron chi connectivity index (χ0n) is 15.5. The minimum atomic E-state index is -0.401. The molecule has 7 nitrogen and oxygen atoms in total. The van der Waals surface area contributed by atoms with Gasteiger partial charge in [-0.25, -0.2) is 4.79 Å². The first-order chi connectivity index (χ1) is 12.0. The zero-order chi connectivity index (χ0) is 18.2. The van der Waals surface area contributed by atoms with E-state index in [1.165, 1.54) is 0 Å². The van der Waals surface area contributed by atoms with E-state index in [9.17, 15) is 4.79 Å². The molecule has 0 aromatic heterocycles. The number of halogens is 1. The van der Waals surface area contributed by atoms with Gasteiger partial charge in [0, 0.05) is 5.69 Å². The summed E-state index contributed by atoms with van der Waals surface area (Å²) in [6.07, 6.45) is 1.92. The normalized spacial score (nSPS) is 15.0. The molecule has 0 radical (unpaired) electrons. The maximum Gasteiger partial charge on any atom is 0.407 e. The van der Waals surface area contributed by atoms with Gasteiger partial charge in [-0.2, -0.15) is 0 Å². The molecule has 1 fully saturated rings. The van der Waals surface area contributed by atoms with Gasteiger partial charge in [0.25, 0.3) is 0 Å². The predicted octanol–water partition coefficient (Wildman–Crippen LogP) is 3.34. The van der Waals surface area contributed by atoms with Crippen LogP contribution in [-0.4, -0.2) is 37.4 Å². The maximum absolute atomic E-state index is 11.6. The quantitative estimate of drug-likeness (QED) is 0.304. The van der Waals surface area contributed by atoms with E-state index in [2.05, 4.69) is 15.6 Å². The van der Waals surface area contributed by atoms with Crippen LogP contribution >= 0.6 is 24.0 Å². The van der Waals surface area contributed by atoms with E-state index in [1.807, 2.05) is 38.1 Å². The molecule has 8 heteroatoms. The number of hydrogen-bond donors (Lipinski definition) is 3. The number of nitrogens with one attached hydrogen (secondary N) is 2. The fraction of sp³-hybridized carbons (Fsp3) is 0.556. The predicted molar refractivity (Wildman–Crippen MR) is 114 cm³/mol. The Kier molecular flexibility index (Phi) is 9.53. The average molecular weight is 476 g/mol. The zero-order valence-corrected chi connectivity index (χ0v) is 17.9. The number of rotatable bonds is 8. The monoisotopic (exact) mass is 476 g/mol. The van der Waals surface area contributed by atoms with Crippen molar-refractivity contribution in [3.8, 4) is 5.75 Å². The molecule has 1 unspecified atom stereocenters. The van der Waals surface area contributed by atoms with Crippen molar-refractivity contribution in [2.24, 2.45) is 16.6 Å². The average Bonchev–Trinajstić information content (AvgIpc) is 3.38. The maximum atomic E-state index is 11.6. The summed E-state index contributed by atoms with van der Waals surface area (Å²) >= 11 is 0. The van der Waals surface area contributed by atoms with Crippen LogP contribution in [0.5, 0.6) is 5.75 Å². The molecule has 0 spiro atoms. The number of ether oxygens (including phenoxy) is 2. The Balaban J connectivity index is 0.00000338. The van der Waals surface area contributed by atoms with Crippen LogP contribution in [0, 0.1) is 5.92 Å². The lowest BCUT2D eigenvalue weighted by molar-refractivity contribution is 0.147. The third-order valence-electron chi connectivity index (χ3n) is 3.73. The number of carbonyl (C=O) groups is 1. The van der Waals surface area contributed by atoms with E-state index in [0.717, 1.165) is 24.3 Å². The first-order valence-corrected chi connectivity index (χ1v) is 8.75. The molecule has 0 saturated heterocycles. The number of nitrogens with two attached hydrogens (primary N) is 1. The highest BCUT2D eigenvalue weighted by atomic mass is 127. The minimum Gasteiger partial charge on any atom is -0.491 e. The van der Waals surface area contributed by atoms with Gasteiger partial charge in [-0.05, 0) is 63.8 Å². The van der Waals surface area contributed by atoms with Crippen molar-refractivity contribution in [2.45, 2.75) is 45.8 Å². The molecular weight excluding hydrogens is 447 g/mol. The van der Waals surface area contributed by atoms with Crippen molar-refractivity contribution in [3.63, 3.8) is 0 Å². The molecule has 1 saturated carbocycles. The number of nitrogens with zero attached hydrogens (tertiary/aromatic N) is 1. The number of benzene rings is 1. The molecule has 1 aromatic carbocycles. The van der Waals surface area contributed by atoms with Gasteiger partial charge in [-0.3, -0.25) is 4.99 Å². The molecule has 1 aromatic rings.